The van der Waals surface area contributed by atoms with Crippen LogP contribution in [0, 0.1) is 5.41 Å². The van der Waals surface area contributed by atoms with Gasteiger partial charge >= 0.3 is 0 Å². The molecule has 188 valence electrons. The third-order valence-electron chi connectivity index (χ3n) is 5.18. The number of carbonyl (C=O) groups is 2. The van der Waals surface area contributed by atoms with Crippen LogP contribution in [0.4, 0.5) is 11.5 Å². The minimum Gasteiger partial charge on any atom is -0.494 e. The molecule has 36 heavy (non-hydrogen) atoms. The van der Waals surface area contributed by atoms with E-state index in [1.165, 1.54) is 25.4 Å². The lowest BCUT2D eigenvalue weighted by molar-refractivity contribution is 0.102. The molecular formula is C23H20Cl3N5O4S. The van der Waals surface area contributed by atoms with Crippen molar-refractivity contribution in [1.29, 1.82) is 5.41 Å². The first-order valence-corrected chi connectivity index (χ1v) is 12.6. The smallest absolute Gasteiger partial charge is 0.285 e. The van der Waals surface area contributed by atoms with E-state index in [-0.39, 0.29) is 49.9 Å². The number of methoxy groups -OCH3 is 1. The summed E-state index contributed by atoms with van der Waals surface area (Å²) in [5.41, 5.74) is 0.867. The van der Waals surface area contributed by atoms with E-state index in [1.807, 2.05) is 6.92 Å². The number of amidine groups is 1. The van der Waals surface area contributed by atoms with E-state index in [2.05, 4.69) is 15.6 Å². The third-order valence-corrected chi connectivity index (χ3v) is 7.20. The average Bonchev–Trinajstić information content (AvgIpc) is 3.36. The zero-order chi connectivity index (χ0) is 26.0. The predicted octanol–water partition coefficient (Wildman–Crippen LogP) is 5.77. The van der Waals surface area contributed by atoms with Crippen LogP contribution in [0.5, 0.6) is 5.75 Å². The van der Waals surface area contributed by atoms with E-state index >= 15 is 0 Å². The molecule has 0 bridgehead atoms. The van der Waals surface area contributed by atoms with Gasteiger partial charge in [0.2, 0.25) is 0 Å². The van der Waals surface area contributed by atoms with Crippen molar-refractivity contribution in [3.8, 4) is 5.75 Å². The molecule has 2 amide bonds. The maximum absolute atomic E-state index is 13.2. The Morgan fingerprint density at radius 3 is 2.64 bits per heavy atom. The summed E-state index contributed by atoms with van der Waals surface area (Å²) in [7, 11) is 1.40. The first-order valence-electron chi connectivity index (χ1n) is 10.5. The van der Waals surface area contributed by atoms with E-state index < -0.39 is 11.8 Å². The molecule has 0 spiro atoms. The zero-order valence-electron chi connectivity index (χ0n) is 19.0. The lowest BCUT2D eigenvalue weighted by atomic mass is 10.1. The maximum atomic E-state index is 13.2. The lowest BCUT2D eigenvalue weighted by Gasteiger charge is -2.16. The molecule has 1 atom stereocenters. The van der Waals surface area contributed by atoms with Crippen molar-refractivity contribution in [1.82, 2.24) is 9.88 Å². The van der Waals surface area contributed by atoms with E-state index in [1.54, 1.807) is 22.4 Å². The fourth-order valence-corrected chi connectivity index (χ4v) is 5.09. The number of nitrogens with one attached hydrogen (secondary N) is 3. The Balaban J connectivity index is 1.59. The number of ether oxygens (including phenoxy) is 2. The minimum atomic E-state index is -0.569. The molecule has 1 saturated heterocycles. The first kappa shape index (κ1) is 26.0. The van der Waals surface area contributed by atoms with Crippen molar-refractivity contribution in [3.63, 3.8) is 0 Å². The van der Waals surface area contributed by atoms with Gasteiger partial charge in [0.1, 0.15) is 22.5 Å². The number of anilines is 2. The molecule has 1 fully saturated rings. The van der Waals surface area contributed by atoms with E-state index in [4.69, 9.17) is 49.7 Å². The molecule has 3 aromatic rings. The van der Waals surface area contributed by atoms with E-state index in [9.17, 15) is 9.59 Å². The minimum absolute atomic E-state index is 0.0625. The summed E-state index contributed by atoms with van der Waals surface area (Å²) in [4.78, 5) is 32.3. The first-order chi connectivity index (χ1) is 17.2. The summed E-state index contributed by atoms with van der Waals surface area (Å²) in [6, 6.07) is 6.08. The number of halogens is 3. The second-order valence-corrected chi connectivity index (χ2v) is 9.95. The molecule has 4 rings (SSSR count). The van der Waals surface area contributed by atoms with Crippen molar-refractivity contribution in [2.24, 2.45) is 0 Å². The Morgan fingerprint density at radius 2 is 2.00 bits per heavy atom. The molecule has 0 aliphatic carbocycles. The van der Waals surface area contributed by atoms with Gasteiger partial charge in [0.25, 0.3) is 17.8 Å². The Labute approximate surface area is 225 Å². The lowest BCUT2D eigenvalue weighted by Crippen LogP contribution is -2.24. The Morgan fingerprint density at radius 1 is 1.22 bits per heavy atom. The van der Waals surface area contributed by atoms with Gasteiger partial charge in [-0.1, -0.05) is 34.8 Å². The fraction of sp³-hybridized carbons (Fsp3) is 0.217. The number of pyridine rings is 1. The highest BCUT2D eigenvalue weighted by molar-refractivity contribution is 7.13. The van der Waals surface area contributed by atoms with E-state index in [0.29, 0.717) is 23.7 Å². The normalized spacial score (nSPS) is 15.0. The second-order valence-electron chi connectivity index (χ2n) is 7.82. The van der Waals surface area contributed by atoms with Crippen LogP contribution in [0.1, 0.15) is 32.5 Å². The molecule has 0 unspecified atom stereocenters. The highest BCUT2D eigenvalue weighted by Gasteiger charge is 2.28. The van der Waals surface area contributed by atoms with Crippen LogP contribution >= 0.6 is 46.1 Å². The molecule has 0 radical (unpaired) electrons. The van der Waals surface area contributed by atoms with Gasteiger partial charge in [-0.25, -0.2) is 4.98 Å². The second kappa shape index (κ2) is 10.9. The topological polar surface area (TPSA) is 117 Å². The molecule has 3 N–H and O–H groups in total. The standard InChI is InChI=1S/C23H20Cl3N5O4S/c1-11-8-31(23(27)35-11)9-12-10-36-20(18(12)26)22(33)30-19-15(5-14(25)6-16(19)34-2)21(32)29-17-4-3-13(24)7-28-17/h3-7,10-11,27H,8-9H2,1-2H3,(H,30,33)(H,28,29,32)/t11-/m0/s1. The van der Waals surface area contributed by atoms with Gasteiger partial charge in [0.05, 0.1) is 35.0 Å². The van der Waals surface area contributed by atoms with E-state index in [0.717, 1.165) is 11.3 Å². The summed E-state index contributed by atoms with van der Waals surface area (Å²) in [5.74, 6) is -0.649. The van der Waals surface area contributed by atoms with Crippen LogP contribution in [-0.2, 0) is 11.3 Å². The van der Waals surface area contributed by atoms with Crippen LogP contribution in [0.15, 0.2) is 35.8 Å². The summed E-state index contributed by atoms with van der Waals surface area (Å²) in [5, 5.41) is 16.0. The molecular weight excluding hydrogens is 549 g/mol. The number of thiophene rings is 1. The molecule has 9 nitrogen and oxygen atoms in total. The van der Waals surface area contributed by atoms with Crippen LogP contribution in [0.3, 0.4) is 0 Å². The van der Waals surface area contributed by atoms with Crippen molar-refractivity contribution < 1.29 is 19.1 Å². The summed E-state index contributed by atoms with van der Waals surface area (Å²) in [6.07, 6.45) is 1.30. The van der Waals surface area contributed by atoms with Gasteiger partial charge in [-0.3, -0.25) is 15.0 Å². The largest absolute Gasteiger partial charge is 0.494 e. The third kappa shape index (κ3) is 5.67. The van der Waals surface area contributed by atoms with Gasteiger partial charge in [0, 0.05) is 29.4 Å². The maximum Gasteiger partial charge on any atom is 0.285 e. The molecule has 1 aromatic carbocycles. The molecule has 2 aromatic heterocycles. The molecule has 1 aliphatic heterocycles. The number of hydrogen-bond donors (Lipinski definition) is 3. The van der Waals surface area contributed by atoms with Crippen molar-refractivity contribution >= 4 is 75.5 Å². The summed E-state index contributed by atoms with van der Waals surface area (Å²) in [6.45, 7) is 2.76. The number of nitrogens with zero attached hydrogens (tertiary/aromatic N) is 2. The van der Waals surface area contributed by atoms with Crippen LogP contribution < -0.4 is 15.4 Å². The highest BCUT2D eigenvalue weighted by Crippen LogP contribution is 2.36. The molecule has 1 aliphatic rings. The van der Waals surface area contributed by atoms with Gasteiger partial charge in [0.15, 0.2) is 0 Å². The average molecular weight is 569 g/mol. The number of amides is 2. The van der Waals surface area contributed by atoms with Crippen molar-refractivity contribution in [2.75, 3.05) is 24.3 Å². The SMILES string of the molecule is COc1cc(Cl)cc(C(=O)Nc2ccc(Cl)cn2)c1NC(=O)c1scc(CN2C[C@H](C)OC2=N)c1Cl. The van der Waals surface area contributed by atoms with Crippen LogP contribution in [-0.4, -0.2) is 47.5 Å². The summed E-state index contributed by atoms with van der Waals surface area (Å²) >= 11 is 19.7. The van der Waals surface area contributed by atoms with Crippen molar-refractivity contribution in [3.05, 3.63) is 66.9 Å². The number of benzene rings is 1. The Hall–Kier alpha value is -3.05. The summed E-state index contributed by atoms with van der Waals surface area (Å²) < 4.78 is 10.7. The predicted molar refractivity (Wildman–Crippen MR) is 141 cm³/mol. The molecule has 13 heteroatoms. The van der Waals surface area contributed by atoms with Crippen LogP contribution in [0.25, 0.3) is 0 Å². The number of hydrogen-bond acceptors (Lipinski definition) is 7. The van der Waals surface area contributed by atoms with Gasteiger partial charge in [-0.05, 0) is 30.5 Å². The van der Waals surface area contributed by atoms with Crippen molar-refractivity contribution in [2.45, 2.75) is 19.6 Å². The van der Waals surface area contributed by atoms with Gasteiger partial charge < -0.3 is 25.0 Å². The highest BCUT2D eigenvalue weighted by atomic mass is 35.5. The quantitative estimate of drug-likeness (QED) is 0.333. The molecule has 3 heterocycles. The number of carbonyl (C=O) groups excluding carboxylic acids is 2. The Kier molecular flexibility index (Phi) is 7.89. The Bertz CT molecular complexity index is 1330. The number of rotatable bonds is 7. The zero-order valence-corrected chi connectivity index (χ0v) is 22.1. The molecule has 0 saturated carbocycles. The van der Waals surface area contributed by atoms with Gasteiger partial charge in [-0.2, -0.15) is 0 Å². The monoisotopic (exact) mass is 567 g/mol. The number of aromatic nitrogens is 1. The van der Waals surface area contributed by atoms with Crippen LogP contribution in [0.2, 0.25) is 15.1 Å². The fourth-order valence-electron chi connectivity index (χ4n) is 3.53. The van der Waals surface area contributed by atoms with Gasteiger partial charge in [-0.15, -0.1) is 11.3 Å².